The number of hydrogen-bond donors (Lipinski definition) is 0. The molecular weight excluding hydrogens is 544 g/mol. The average Bonchev–Trinajstić information content (AvgIpc) is 3.03. The molecule has 0 bridgehead atoms. The molecule has 0 saturated carbocycles. The van der Waals surface area contributed by atoms with Crippen molar-refractivity contribution in [1.82, 2.24) is 0 Å². The molecule has 5 atom stereocenters. The fourth-order valence-electron chi connectivity index (χ4n) is 4.30. The Bertz CT molecular complexity index is 1500. The molecule has 1 saturated heterocycles. The standard InChI is InChI=1S/C32H26O8S/c33-29(22-13-5-1-6-14-22)38-26-21-37-32(41(36)25-19-11-4-12-20-25)28(40-31(35)24-17-9-3-10-18-24)27(26)39-30(34)23-15-7-2-8-16-23/h1-20,26-28,32H,21H2/t26-,27+,28-,32+,41+/m1/s1. The third kappa shape index (κ3) is 6.77. The SMILES string of the molecule is O=C(O[C@@H]1[C@@H](OC(=O)c2ccccc2)[C@H](OC(=O)c2ccccc2)CO[C@H]1[S@@](=O)c1ccccc1)c1ccccc1. The second-order valence-electron chi connectivity index (χ2n) is 9.09. The molecule has 0 aliphatic carbocycles. The summed E-state index contributed by atoms with van der Waals surface area (Å²) < 4.78 is 37.2. The van der Waals surface area contributed by atoms with Crippen LogP contribution in [0.5, 0.6) is 0 Å². The minimum absolute atomic E-state index is 0.230. The summed E-state index contributed by atoms with van der Waals surface area (Å²) >= 11 is 0. The quantitative estimate of drug-likeness (QED) is 0.219. The number of rotatable bonds is 8. The summed E-state index contributed by atoms with van der Waals surface area (Å²) in [5.74, 6) is -2.16. The molecular formula is C32H26O8S. The minimum Gasteiger partial charge on any atom is -0.452 e. The summed E-state index contributed by atoms with van der Waals surface area (Å²) in [4.78, 5) is 39.9. The van der Waals surface area contributed by atoms with Crippen molar-refractivity contribution in [2.75, 3.05) is 6.61 Å². The Hall–Kier alpha value is -4.60. The largest absolute Gasteiger partial charge is 0.452 e. The van der Waals surface area contributed by atoms with Gasteiger partial charge in [-0.1, -0.05) is 72.8 Å². The van der Waals surface area contributed by atoms with E-state index in [9.17, 15) is 18.6 Å². The maximum atomic E-state index is 13.7. The molecule has 8 nitrogen and oxygen atoms in total. The highest BCUT2D eigenvalue weighted by molar-refractivity contribution is 7.85. The van der Waals surface area contributed by atoms with Gasteiger partial charge in [-0.2, -0.15) is 0 Å². The van der Waals surface area contributed by atoms with Crippen LogP contribution >= 0.6 is 0 Å². The minimum atomic E-state index is -1.85. The number of hydrogen-bond acceptors (Lipinski definition) is 8. The van der Waals surface area contributed by atoms with E-state index in [1.807, 2.05) is 0 Å². The van der Waals surface area contributed by atoms with Crippen LogP contribution in [-0.2, 0) is 29.7 Å². The Morgan fingerprint density at radius 2 is 0.951 bits per heavy atom. The Morgan fingerprint density at radius 3 is 1.41 bits per heavy atom. The van der Waals surface area contributed by atoms with Crippen LogP contribution < -0.4 is 0 Å². The summed E-state index contributed by atoms with van der Waals surface area (Å²) in [6.45, 7) is -0.256. The Kier molecular flexibility index (Phi) is 8.98. The molecule has 4 aromatic rings. The van der Waals surface area contributed by atoms with Gasteiger partial charge < -0.3 is 18.9 Å². The van der Waals surface area contributed by atoms with E-state index in [1.165, 1.54) is 0 Å². The third-order valence-electron chi connectivity index (χ3n) is 6.34. The van der Waals surface area contributed by atoms with Gasteiger partial charge in [0, 0.05) is 4.90 Å². The van der Waals surface area contributed by atoms with Crippen molar-refractivity contribution in [3.05, 3.63) is 138 Å². The van der Waals surface area contributed by atoms with E-state index < -0.39 is 52.5 Å². The molecule has 1 aliphatic heterocycles. The molecule has 41 heavy (non-hydrogen) atoms. The van der Waals surface area contributed by atoms with Crippen molar-refractivity contribution in [3.63, 3.8) is 0 Å². The molecule has 5 rings (SSSR count). The summed E-state index contributed by atoms with van der Waals surface area (Å²) in [6, 6.07) is 33.3. The lowest BCUT2D eigenvalue weighted by Gasteiger charge is -2.40. The van der Waals surface area contributed by atoms with Gasteiger partial charge in [0.1, 0.15) is 0 Å². The second-order valence-corrected chi connectivity index (χ2v) is 10.6. The van der Waals surface area contributed by atoms with Crippen LogP contribution in [-0.4, -0.2) is 52.5 Å². The van der Waals surface area contributed by atoms with Crippen molar-refractivity contribution in [1.29, 1.82) is 0 Å². The van der Waals surface area contributed by atoms with Crippen molar-refractivity contribution in [2.45, 2.75) is 28.6 Å². The first-order chi connectivity index (χ1) is 20.0. The fourth-order valence-corrected chi connectivity index (χ4v) is 5.65. The molecule has 0 radical (unpaired) electrons. The van der Waals surface area contributed by atoms with Gasteiger partial charge in [0.2, 0.25) is 0 Å². The van der Waals surface area contributed by atoms with Crippen LogP contribution in [0, 0.1) is 0 Å². The lowest BCUT2D eigenvalue weighted by molar-refractivity contribution is -0.168. The zero-order valence-electron chi connectivity index (χ0n) is 21.7. The van der Waals surface area contributed by atoms with E-state index in [1.54, 1.807) is 121 Å². The van der Waals surface area contributed by atoms with Gasteiger partial charge in [0.05, 0.1) is 34.1 Å². The topological polar surface area (TPSA) is 105 Å². The second kappa shape index (κ2) is 13.2. The first kappa shape index (κ1) is 27.9. The first-order valence-corrected chi connectivity index (χ1v) is 14.1. The van der Waals surface area contributed by atoms with Crippen LogP contribution in [0.2, 0.25) is 0 Å². The van der Waals surface area contributed by atoms with Crippen LogP contribution in [0.1, 0.15) is 31.1 Å². The Morgan fingerprint density at radius 1 is 0.561 bits per heavy atom. The Balaban J connectivity index is 1.51. The number of esters is 3. The zero-order valence-corrected chi connectivity index (χ0v) is 22.6. The summed E-state index contributed by atoms with van der Waals surface area (Å²) in [5, 5.41) is 0. The third-order valence-corrected chi connectivity index (χ3v) is 7.91. The first-order valence-electron chi connectivity index (χ1n) is 12.9. The molecule has 208 valence electrons. The van der Waals surface area contributed by atoms with E-state index in [4.69, 9.17) is 18.9 Å². The number of benzene rings is 4. The highest BCUT2D eigenvalue weighted by Crippen LogP contribution is 2.30. The van der Waals surface area contributed by atoms with Gasteiger partial charge >= 0.3 is 17.9 Å². The Labute approximate surface area is 239 Å². The van der Waals surface area contributed by atoms with E-state index in [2.05, 4.69) is 0 Å². The van der Waals surface area contributed by atoms with Crippen molar-refractivity contribution < 1.29 is 37.5 Å². The van der Waals surface area contributed by atoms with Gasteiger partial charge in [0.25, 0.3) is 0 Å². The van der Waals surface area contributed by atoms with Gasteiger partial charge in [-0.3, -0.25) is 4.21 Å². The maximum absolute atomic E-state index is 13.7. The molecule has 0 amide bonds. The predicted octanol–water partition coefficient (Wildman–Crippen LogP) is 4.83. The van der Waals surface area contributed by atoms with Crippen LogP contribution in [0.25, 0.3) is 0 Å². The van der Waals surface area contributed by atoms with E-state index in [0.29, 0.717) is 4.90 Å². The summed E-state index contributed by atoms with van der Waals surface area (Å²) in [7, 11) is -1.85. The molecule has 0 N–H and O–H groups in total. The van der Waals surface area contributed by atoms with E-state index in [-0.39, 0.29) is 23.3 Å². The normalized spacial score (nSPS) is 20.8. The highest BCUT2D eigenvalue weighted by Gasteiger charge is 2.50. The number of ether oxygens (including phenoxy) is 4. The van der Waals surface area contributed by atoms with Crippen LogP contribution in [0.4, 0.5) is 0 Å². The monoisotopic (exact) mass is 570 g/mol. The van der Waals surface area contributed by atoms with E-state index in [0.717, 1.165) is 0 Å². The molecule has 9 heteroatoms. The summed E-state index contributed by atoms with van der Waals surface area (Å²) in [6.07, 6.45) is -3.90. The summed E-state index contributed by atoms with van der Waals surface area (Å²) in [5.41, 5.74) is -0.493. The van der Waals surface area contributed by atoms with Crippen LogP contribution in [0.3, 0.4) is 0 Å². The molecule has 4 aromatic carbocycles. The average molecular weight is 571 g/mol. The lowest BCUT2D eigenvalue weighted by Crippen LogP contribution is -2.58. The smallest absolute Gasteiger partial charge is 0.338 e. The fraction of sp³-hybridized carbons (Fsp3) is 0.156. The van der Waals surface area contributed by atoms with Gasteiger partial charge in [-0.25, -0.2) is 14.4 Å². The zero-order chi connectivity index (χ0) is 28.6. The van der Waals surface area contributed by atoms with Gasteiger partial charge in [-0.05, 0) is 48.5 Å². The number of carbonyl (C=O) groups is 3. The molecule has 0 aromatic heterocycles. The van der Waals surface area contributed by atoms with Crippen LogP contribution in [0.15, 0.2) is 126 Å². The highest BCUT2D eigenvalue weighted by atomic mass is 32.2. The van der Waals surface area contributed by atoms with Crippen molar-refractivity contribution in [3.8, 4) is 0 Å². The molecule has 0 spiro atoms. The predicted molar refractivity (Wildman–Crippen MR) is 150 cm³/mol. The maximum Gasteiger partial charge on any atom is 0.338 e. The van der Waals surface area contributed by atoms with Gasteiger partial charge in [0.15, 0.2) is 23.7 Å². The van der Waals surface area contributed by atoms with Crippen molar-refractivity contribution >= 4 is 28.7 Å². The van der Waals surface area contributed by atoms with E-state index >= 15 is 0 Å². The lowest BCUT2D eigenvalue weighted by atomic mass is 10.0. The molecule has 0 unspecified atom stereocenters. The molecule has 1 aliphatic rings. The van der Waals surface area contributed by atoms with Gasteiger partial charge in [-0.15, -0.1) is 0 Å². The number of carbonyl (C=O) groups excluding carboxylic acids is 3. The van der Waals surface area contributed by atoms with Crippen molar-refractivity contribution in [2.24, 2.45) is 0 Å². The molecule has 1 fully saturated rings. The molecule has 1 heterocycles.